The Kier molecular flexibility index (Phi) is 10.4. The van der Waals surface area contributed by atoms with Crippen LogP contribution >= 0.6 is 0 Å². The van der Waals surface area contributed by atoms with E-state index in [0.29, 0.717) is 12.0 Å². The molecule has 14 nitrogen and oxygen atoms in total. The molecule has 37 heavy (non-hydrogen) atoms. The first-order valence-corrected chi connectivity index (χ1v) is 11.6. The number of aliphatic carboxylic acids is 1. The molecule has 1 aromatic rings. The molecule has 0 radical (unpaired) electrons. The second kappa shape index (κ2) is 13.2. The summed E-state index contributed by atoms with van der Waals surface area (Å²) in [5.41, 5.74) is 17.0. The van der Waals surface area contributed by atoms with E-state index in [1.807, 2.05) is 0 Å². The summed E-state index contributed by atoms with van der Waals surface area (Å²) in [7, 11) is 0. The molecule has 1 saturated heterocycles. The molecule has 0 bridgehead atoms. The molecule has 1 aromatic carbocycles. The van der Waals surface area contributed by atoms with Crippen molar-refractivity contribution in [1.29, 1.82) is 0 Å². The fourth-order valence-electron chi connectivity index (χ4n) is 3.97. The molecule has 0 saturated carbocycles. The number of carbonyl (C=O) groups excluding carboxylic acids is 5. The van der Waals surface area contributed by atoms with E-state index >= 15 is 0 Å². The summed E-state index contributed by atoms with van der Waals surface area (Å²) in [6.45, 7) is 0.120. The number of phenolic OH excluding ortho intramolecular Hbond substituents is 1. The van der Waals surface area contributed by atoms with Gasteiger partial charge in [-0.2, -0.15) is 0 Å². The number of rotatable bonds is 13. The summed E-state index contributed by atoms with van der Waals surface area (Å²) in [6.07, 6.45) is -0.398. The summed E-state index contributed by atoms with van der Waals surface area (Å²) in [6, 6.07) is 0.958. The van der Waals surface area contributed by atoms with Gasteiger partial charge in [-0.3, -0.25) is 24.0 Å². The molecular weight excluding hydrogens is 488 g/mol. The predicted octanol–water partition coefficient (Wildman–Crippen LogP) is -2.55. The lowest BCUT2D eigenvalue weighted by atomic mass is 10.0. The number of hydrogen-bond donors (Lipinski definition) is 7. The molecule has 5 amide bonds. The lowest BCUT2D eigenvalue weighted by molar-refractivity contribution is -0.149. The highest BCUT2D eigenvalue weighted by Crippen LogP contribution is 2.19. The maximum absolute atomic E-state index is 13.1. The zero-order valence-corrected chi connectivity index (χ0v) is 20.1. The maximum Gasteiger partial charge on any atom is 0.326 e. The van der Waals surface area contributed by atoms with Crippen LogP contribution in [0.15, 0.2) is 24.3 Å². The summed E-state index contributed by atoms with van der Waals surface area (Å²) in [4.78, 5) is 74.2. The number of nitrogens with one attached hydrogen (secondary N) is 2. The van der Waals surface area contributed by atoms with Crippen LogP contribution in [0.5, 0.6) is 5.75 Å². The number of nitrogens with two attached hydrogens (primary N) is 3. The van der Waals surface area contributed by atoms with Gasteiger partial charge in [0.15, 0.2) is 0 Å². The monoisotopic (exact) mass is 520 g/mol. The van der Waals surface area contributed by atoms with Crippen LogP contribution in [0.1, 0.15) is 37.7 Å². The minimum atomic E-state index is -1.48. The minimum absolute atomic E-state index is 0.0358. The van der Waals surface area contributed by atoms with Crippen molar-refractivity contribution in [2.45, 2.75) is 62.7 Å². The number of hydrogen-bond acceptors (Lipinski definition) is 8. The third kappa shape index (κ3) is 8.75. The number of benzene rings is 1. The molecule has 14 heteroatoms. The number of phenols is 1. The fraction of sp³-hybridized carbons (Fsp3) is 0.478. The number of likely N-dealkylation sites (tertiary alicyclic amines) is 1. The van der Waals surface area contributed by atoms with Crippen LogP contribution in [0.2, 0.25) is 0 Å². The largest absolute Gasteiger partial charge is 0.508 e. The van der Waals surface area contributed by atoms with Gasteiger partial charge in [0, 0.05) is 13.0 Å². The van der Waals surface area contributed by atoms with E-state index in [2.05, 4.69) is 10.6 Å². The standard InChI is InChI=1S/C23H32N6O8/c24-14(10-12-3-5-13(30)6-4-12)20(33)27-15(7-8-18(25)31)21(34)28-16(11-19(26)32)22(35)29-9-1-2-17(29)23(36)37/h3-6,14-17,30H,1-2,7-11,24H2,(H2,25,31)(H2,26,32)(H,27,33)(H,28,34)(H,36,37). The van der Waals surface area contributed by atoms with Gasteiger partial charge in [0.1, 0.15) is 23.9 Å². The third-order valence-corrected chi connectivity index (χ3v) is 5.88. The van der Waals surface area contributed by atoms with Crippen LogP contribution in [0.3, 0.4) is 0 Å². The average molecular weight is 521 g/mol. The lowest BCUT2D eigenvalue weighted by Gasteiger charge is -2.28. The van der Waals surface area contributed by atoms with Crippen molar-refractivity contribution in [3.8, 4) is 5.75 Å². The summed E-state index contributed by atoms with van der Waals surface area (Å²) >= 11 is 0. The van der Waals surface area contributed by atoms with Gasteiger partial charge in [-0.25, -0.2) is 4.79 Å². The Morgan fingerprint density at radius 3 is 2.16 bits per heavy atom. The molecule has 0 spiro atoms. The lowest BCUT2D eigenvalue weighted by Crippen LogP contribution is -2.58. The second-order valence-corrected chi connectivity index (χ2v) is 8.80. The van der Waals surface area contributed by atoms with Crippen molar-refractivity contribution in [2.75, 3.05) is 6.54 Å². The van der Waals surface area contributed by atoms with Crippen LogP contribution < -0.4 is 27.8 Å². The van der Waals surface area contributed by atoms with Gasteiger partial charge in [0.05, 0.1) is 12.5 Å². The van der Waals surface area contributed by atoms with Gasteiger partial charge in [-0.05, 0) is 43.4 Å². The number of primary amides is 2. The number of amides is 5. The van der Waals surface area contributed by atoms with Crippen LogP contribution in [0, 0.1) is 0 Å². The van der Waals surface area contributed by atoms with Crippen molar-refractivity contribution < 1.29 is 39.0 Å². The molecule has 0 aliphatic carbocycles. The summed E-state index contributed by atoms with van der Waals surface area (Å²) in [5, 5.41) is 23.5. The Hall–Kier alpha value is -4.20. The fourth-order valence-corrected chi connectivity index (χ4v) is 3.97. The first-order chi connectivity index (χ1) is 17.4. The van der Waals surface area contributed by atoms with Gasteiger partial charge >= 0.3 is 5.97 Å². The molecular formula is C23H32N6O8. The number of carbonyl (C=O) groups is 6. The van der Waals surface area contributed by atoms with Gasteiger partial charge in [-0.15, -0.1) is 0 Å². The molecule has 1 aliphatic rings. The average Bonchev–Trinajstić information content (AvgIpc) is 3.32. The van der Waals surface area contributed by atoms with Crippen LogP contribution in [-0.4, -0.2) is 81.3 Å². The van der Waals surface area contributed by atoms with E-state index in [0.717, 1.165) is 4.90 Å². The predicted molar refractivity (Wildman–Crippen MR) is 128 cm³/mol. The second-order valence-electron chi connectivity index (χ2n) is 8.80. The normalized spacial score (nSPS) is 17.3. The van der Waals surface area contributed by atoms with Gasteiger partial charge in [0.2, 0.25) is 29.5 Å². The maximum atomic E-state index is 13.1. The number of carboxylic acids is 1. The molecule has 4 atom stereocenters. The Bertz CT molecular complexity index is 1030. The van der Waals surface area contributed by atoms with Crippen molar-refractivity contribution >= 4 is 35.5 Å². The summed E-state index contributed by atoms with van der Waals surface area (Å²) < 4.78 is 0. The topological polar surface area (TPSA) is 248 Å². The molecule has 202 valence electrons. The molecule has 0 aromatic heterocycles. The molecule has 1 heterocycles. The number of carboxylic acid groups (broad SMARTS) is 1. The minimum Gasteiger partial charge on any atom is -0.508 e. The van der Waals surface area contributed by atoms with Crippen molar-refractivity contribution in [2.24, 2.45) is 17.2 Å². The Morgan fingerprint density at radius 2 is 1.59 bits per heavy atom. The van der Waals surface area contributed by atoms with Crippen molar-refractivity contribution in [1.82, 2.24) is 15.5 Å². The zero-order valence-electron chi connectivity index (χ0n) is 20.1. The van der Waals surface area contributed by atoms with E-state index < -0.39 is 66.1 Å². The molecule has 10 N–H and O–H groups in total. The third-order valence-electron chi connectivity index (χ3n) is 5.88. The van der Waals surface area contributed by atoms with E-state index in [1.54, 1.807) is 12.1 Å². The Labute approximate surface area is 212 Å². The van der Waals surface area contributed by atoms with E-state index in [1.165, 1.54) is 12.1 Å². The van der Waals surface area contributed by atoms with Crippen LogP contribution in [0.4, 0.5) is 0 Å². The SMILES string of the molecule is NC(=O)CCC(NC(=O)C(N)Cc1ccc(O)cc1)C(=O)NC(CC(N)=O)C(=O)N1CCCC1C(=O)O. The van der Waals surface area contributed by atoms with E-state index in [4.69, 9.17) is 17.2 Å². The van der Waals surface area contributed by atoms with E-state index in [9.17, 15) is 39.0 Å². The molecule has 2 rings (SSSR count). The van der Waals surface area contributed by atoms with Gasteiger partial charge in [0.25, 0.3) is 0 Å². The summed E-state index contributed by atoms with van der Waals surface area (Å²) in [5.74, 6) is -5.29. The van der Waals surface area contributed by atoms with Crippen LogP contribution in [-0.2, 0) is 35.2 Å². The first-order valence-electron chi connectivity index (χ1n) is 11.6. The Balaban J connectivity index is 2.15. The van der Waals surface area contributed by atoms with Gasteiger partial charge in [-0.1, -0.05) is 12.1 Å². The Morgan fingerprint density at radius 1 is 0.973 bits per heavy atom. The highest BCUT2D eigenvalue weighted by molar-refractivity contribution is 5.96. The first kappa shape index (κ1) is 29.0. The van der Waals surface area contributed by atoms with Crippen LogP contribution in [0.25, 0.3) is 0 Å². The molecule has 1 aliphatic heterocycles. The van der Waals surface area contributed by atoms with Crippen molar-refractivity contribution in [3.63, 3.8) is 0 Å². The highest BCUT2D eigenvalue weighted by Gasteiger charge is 2.39. The van der Waals surface area contributed by atoms with Crippen molar-refractivity contribution in [3.05, 3.63) is 29.8 Å². The number of aromatic hydroxyl groups is 1. The zero-order chi connectivity index (χ0) is 27.7. The highest BCUT2D eigenvalue weighted by atomic mass is 16.4. The quantitative estimate of drug-likeness (QED) is 0.144. The molecule has 4 unspecified atom stereocenters. The smallest absolute Gasteiger partial charge is 0.326 e. The molecule has 1 fully saturated rings. The number of nitrogens with zero attached hydrogens (tertiary/aromatic N) is 1. The van der Waals surface area contributed by atoms with E-state index in [-0.39, 0.29) is 38.0 Å². The van der Waals surface area contributed by atoms with Gasteiger partial charge < -0.3 is 42.9 Å².